The molecule has 0 heterocycles. The van der Waals surface area contributed by atoms with Gasteiger partial charge < -0.3 is 23.4 Å². The average Bonchev–Trinajstić information content (AvgIpc) is 2.03. The topological polar surface area (TPSA) is 36.5 Å². The number of hydrogen-bond donors (Lipinski definition) is 1. The molecule has 0 radical (unpaired) electrons. The maximum atomic E-state index is 9.75. The summed E-state index contributed by atoms with van der Waals surface area (Å²) in [6, 6.07) is 8.28. The zero-order valence-corrected chi connectivity index (χ0v) is 8.68. The van der Waals surface area contributed by atoms with E-state index in [4.69, 9.17) is 0 Å². The van der Waals surface area contributed by atoms with Gasteiger partial charge in [0.1, 0.15) is 0 Å². The Bertz CT molecular complexity index is 275. The van der Waals surface area contributed by atoms with E-state index < -0.39 is 7.25 Å². The van der Waals surface area contributed by atoms with Crippen LogP contribution in [0.1, 0.15) is 11.1 Å². The van der Waals surface area contributed by atoms with E-state index in [1.807, 2.05) is 6.08 Å². The van der Waals surface area contributed by atoms with Gasteiger partial charge in [-0.25, -0.2) is 0 Å². The maximum absolute atomic E-state index is 9.75. The number of aryl methyl sites for hydroxylation is 1. The van der Waals surface area contributed by atoms with Crippen LogP contribution in [0.3, 0.4) is 0 Å². The van der Waals surface area contributed by atoms with Gasteiger partial charge in [-0.15, -0.1) is 0 Å². The fourth-order valence-corrected chi connectivity index (χ4v) is 0.703. The first-order valence-electron chi connectivity index (χ1n) is 3.89. The lowest BCUT2D eigenvalue weighted by atomic mass is 10.2. The van der Waals surface area contributed by atoms with Crippen molar-refractivity contribution < 1.29 is 17.3 Å². The van der Waals surface area contributed by atoms with E-state index >= 15 is 0 Å². The summed E-state index contributed by atoms with van der Waals surface area (Å²) in [5.74, 6) is 0. The van der Waals surface area contributed by atoms with E-state index in [2.05, 4.69) is 37.8 Å². The molecule has 0 atom stereocenters. The van der Waals surface area contributed by atoms with Gasteiger partial charge in [-0.05, 0) is 12.5 Å². The van der Waals surface area contributed by atoms with Crippen LogP contribution in [0.15, 0.2) is 30.8 Å². The Balaban J connectivity index is 0. The van der Waals surface area contributed by atoms with E-state index in [1.165, 1.54) is 11.1 Å². The summed E-state index contributed by atoms with van der Waals surface area (Å²) in [4.78, 5) is 0. The Kier molecular flexibility index (Phi) is 7.60. The molecule has 4 N–H and O–H groups in total. The minimum atomic E-state index is -6.00. The normalized spacial score (nSPS) is 9.40. The molecule has 1 nitrogen and oxygen atoms in total. The molecule has 15 heavy (non-hydrogen) atoms. The third-order valence-electron chi connectivity index (χ3n) is 1.31. The van der Waals surface area contributed by atoms with Crippen LogP contribution in [0.5, 0.6) is 0 Å². The van der Waals surface area contributed by atoms with E-state index in [0.717, 1.165) is 0 Å². The van der Waals surface area contributed by atoms with Crippen molar-refractivity contribution >= 4 is 13.3 Å². The molecule has 0 bridgehead atoms. The second kappa shape index (κ2) is 7.06. The average molecular weight is 223 g/mol. The lowest BCUT2D eigenvalue weighted by molar-refractivity contribution is 0.368. The maximum Gasteiger partial charge on any atom is 0.673 e. The molecule has 0 aliphatic rings. The third-order valence-corrected chi connectivity index (χ3v) is 1.31. The van der Waals surface area contributed by atoms with Crippen LogP contribution in [0.4, 0.5) is 17.3 Å². The molecule has 1 aromatic carbocycles. The van der Waals surface area contributed by atoms with Gasteiger partial charge in [0.15, 0.2) is 0 Å². The highest BCUT2D eigenvalue weighted by molar-refractivity contribution is 6.50. The number of benzene rings is 1. The zero-order chi connectivity index (χ0) is 11.2. The lowest BCUT2D eigenvalue weighted by Crippen LogP contribution is -2.02. The van der Waals surface area contributed by atoms with Crippen LogP contribution >= 0.6 is 0 Å². The first-order valence-corrected chi connectivity index (χ1v) is 3.89. The van der Waals surface area contributed by atoms with Crippen molar-refractivity contribution in [3.05, 3.63) is 42.0 Å². The SMILES string of the molecule is C=Cc1ccc(C)cc1.F[B-](F)(F)F.[NH4+]. The van der Waals surface area contributed by atoms with Crippen LogP contribution in [0, 0.1) is 6.92 Å². The van der Waals surface area contributed by atoms with E-state index in [1.54, 1.807) is 0 Å². The van der Waals surface area contributed by atoms with Gasteiger partial charge in [-0.1, -0.05) is 42.5 Å². The largest absolute Gasteiger partial charge is 0.673 e. The first kappa shape index (κ1) is 16.1. The number of quaternary nitrogens is 1. The Morgan fingerprint density at radius 1 is 1.07 bits per heavy atom. The van der Waals surface area contributed by atoms with Crippen LogP contribution in [0.2, 0.25) is 0 Å². The van der Waals surface area contributed by atoms with E-state index in [9.17, 15) is 17.3 Å². The van der Waals surface area contributed by atoms with E-state index in [-0.39, 0.29) is 6.15 Å². The van der Waals surface area contributed by atoms with Crippen molar-refractivity contribution in [1.82, 2.24) is 6.15 Å². The minimum Gasteiger partial charge on any atom is -0.418 e. The Labute approximate surface area is 86.5 Å². The van der Waals surface area contributed by atoms with Crippen LogP contribution in [-0.4, -0.2) is 7.25 Å². The second-order valence-corrected chi connectivity index (χ2v) is 2.61. The number of hydrogen-bond acceptors (Lipinski definition) is 0. The minimum absolute atomic E-state index is 0. The standard InChI is InChI=1S/C9H10.BF4.H3N/c1-3-9-6-4-8(2)5-7-9;2-1(3,4)5;/h3-7H,1H2,2H3;;1H3/q;-1;/p+1. The Morgan fingerprint density at radius 2 is 1.40 bits per heavy atom. The van der Waals surface area contributed by atoms with Crippen molar-refractivity contribution in [2.45, 2.75) is 6.92 Å². The van der Waals surface area contributed by atoms with Crippen molar-refractivity contribution in [2.24, 2.45) is 0 Å². The molecular formula is C9H14BF4N. The summed E-state index contributed by atoms with van der Waals surface area (Å²) in [5.41, 5.74) is 2.47. The van der Waals surface area contributed by atoms with Gasteiger partial charge in [0.2, 0.25) is 0 Å². The summed E-state index contributed by atoms with van der Waals surface area (Å²) in [5, 5.41) is 0. The summed E-state index contributed by atoms with van der Waals surface area (Å²) in [6.45, 7) is 5.74. The van der Waals surface area contributed by atoms with Gasteiger partial charge in [-0.2, -0.15) is 0 Å². The lowest BCUT2D eigenvalue weighted by Gasteiger charge is -1.94. The zero-order valence-electron chi connectivity index (χ0n) is 8.68. The molecule has 0 spiro atoms. The molecule has 0 aromatic heterocycles. The fourth-order valence-electron chi connectivity index (χ4n) is 0.703. The van der Waals surface area contributed by atoms with Crippen LogP contribution in [-0.2, 0) is 0 Å². The van der Waals surface area contributed by atoms with E-state index in [0.29, 0.717) is 0 Å². The first-order chi connectivity index (χ1) is 6.33. The quantitative estimate of drug-likeness (QED) is 0.543. The molecule has 0 saturated heterocycles. The van der Waals surface area contributed by atoms with Crippen molar-refractivity contribution in [3.8, 4) is 0 Å². The monoisotopic (exact) mass is 223 g/mol. The van der Waals surface area contributed by atoms with Gasteiger partial charge in [0, 0.05) is 0 Å². The Morgan fingerprint density at radius 3 is 1.67 bits per heavy atom. The predicted octanol–water partition coefficient (Wildman–Crippen LogP) is 4.31. The van der Waals surface area contributed by atoms with Gasteiger partial charge in [0.05, 0.1) is 0 Å². The summed E-state index contributed by atoms with van der Waals surface area (Å²) >= 11 is 0. The second-order valence-electron chi connectivity index (χ2n) is 2.61. The van der Waals surface area contributed by atoms with Gasteiger partial charge in [0.25, 0.3) is 0 Å². The molecule has 6 heteroatoms. The summed E-state index contributed by atoms with van der Waals surface area (Å²) in [6.07, 6.45) is 1.85. The molecule has 86 valence electrons. The van der Waals surface area contributed by atoms with Crippen molar-refractivity contribution in [1.29, 1.82) is 0 Å². The van der Waals surface area contributed by atoms with Gasteiger partial charge >= 0.3 is 7.25 Å². The number of rotatable bonds is 1. The molecule has 0 amide bonds. The molecule has 1 rings (SSSR count). The Hall–Kier alpha value is -1.30. The van der Waals surface area contributed by atoms with Crippen molar-refractivity contribution in [3.63, 3.8) is 0 Å². The summed E-state index contributed by atoms with van der Waals surface area (Å²) < 4.78 is 39.0. The van der Waals surface area contributed by atoms with Crippen LogP contribution < -0.4 is 6.15 Å². The highest BCUT2D eigenvalue weighted by atomic mass is 19.5. The summed E-state index contributed by atoms with van der Waals surface area (Å²) in [7, 11) is -6.00. The predicted molar refractivity (Wildman–Crippen MR) is 57.4 cm³/mol. The fraction of sp³-hybridized carbons (Fsp3) is 0.111. The molecule has 0 aliphatic carbocycles. The molecule has 1 aromatic rings. The third kappa shape index (κ3) is 12.7. The molecular weight excluding hydrogens is 209 g/mol. The van der Waals surface area contributed by atoms with Crippen molar-refractivity contribution in [2.75, 3.05) is 0 Å². The molecule has 0 fully saturated rings. The molecule has 0 saturated carbocycles. The van der Waals surface area contributed by atoms with Crippen LogP contribution in [0.25, 0.3) is 6.08 Å². The highest BCUT2D eigenvalue weighted by Gasteiger charge is 2.20. The highest BCUT2D eigenvalue weighted by Crippen LogP contribution is 2.06. The smallest absolute Gasteiger partial charge is 0.418 e. The molecule has 0 unspecified atom stereocenters. The number of halogens is 4. The molecule has 0 aliphatic heterocycles. The van der Waals surface area contributed by atoms with Gasteiger partial charge in [-0.3, -0.25) is 0 Å².